The number of hydrogen-bond acceptors (Lipinski definition) is 4. The number of nitrogens with one attached hydrogen (secondary N) is 1. The molecule has 1 rings (SSSR count). The van der Waals surface area contributed by atoms with E-state index in [1.54, 1.807) is 19.9 Å². The molecule has 148 valence electrons. The van der Waals surface area contributed by atoms with E-state index >= 15 is 0 Å². The quantitative estimate of drug-likeness (QED) is 0.664. The fourth-order valence-corrected chi connectivity index (χ4v) is 3.95. The largest absolute Gasteiger partial charge is 0.489 e. The lowest BCUT2D eigenvalue weighted by molar-refractivity contribution is -0.116. The summed E-state index contributed by atoms with van der Waals surface area (Å²) in [5.41, 5.74) is 0.390. The third kappa shape index (κ3) is 6.29. The maximum Gasteiger partial charge on any atom is 0.243 e. The predicted octanol–water partition coefficient (Wildman–Crippen LogP) is 3.88. The first-order valence-electron chi connectivity index (χ1n) is 9.22. The van der Waals surface area contributed by atoms with E-state index in [9.17, 15) is 13.2 Å². The van der Waals surface area contributed by atoms with Crippen LogP contribution in [0, 0.1) is 5.92 Å². The summed E-state index contributed by atoms with van der Waals surface area (Å²) in [6.45, 7) is 12.2. The van der Waals surface area contributed by atoms with E-state index in [1.807, 2.05) is 13.8 Å². The first-order chi connectivity index (χ1) is 12.1. The van der Waals surface area contributed by atoms with Crippen LogP contribution in [0.4, 0.5) is 5.69 Å². The van der Waals surface area contributed by atoms with Gasteiger partial charge < -0.3 is 10.1 Å². The average Bonchev–Trinajstić information content (AvgIpc) is 2.54. The van der Waals surface area contributed by atoms with Crippen molar-refractivity contribution < 1.29 is 17.9 Å². The van der Waals surface area contributed by atoms with Gasteiger partial charge in [0.05, 0.1) is 16.7 Å². The Hall–Kier alpha value is -1.60. The van der Waals surface area contributed by atoms with Crippen LogP contribution in [0.3, 0.4) is 0 Å². The first-order valence-corrected chi connectivity index (χ1v) is 10.7. The number of benzene rings is 1. The Morgan fingerprint density at radius 2 is 1.77 bits per heavy atom. The fraction of sp³-hybridized carbons (Fsp3) is 0.632. The summed E-state index contributed by atoms with van der Waals surface area (Å²) in [5.74, 6) is 0.739. The summed E-state index contributed by atoms with van der Waals surface area (Å²) in [6, 6.07) is 4.61. The van der Waals surface area contributed by atoms with Gasteiger partial charge in [0.2, 0.25) is 15.9 Å². The molecule has 0 aliphatic heterocycles. The molecule has 26 heavy (non-hydrogen) atoms. The van der Waals surface area contributed by atoms with Gasteiger partial charge in [-0.2, -0.15) is 4.31 Å². The number of anilines is 1. The highest BCUT2D eigenvalue weighted by molar-refractivity contribution is 7.89. The van der Waals surface area contributed by atoms with Crippen molar-refractivity contribution in [3.05, 3.63) is 18.2 Å². The van der Waals surface area contributed by atoms with E-state index in [-0.39, 0.29) is 16.9 Å². The smallest absolute Gasteiger partial charge is 0.243 e. The normalized spacial score (nSPS) is 12.0. The fourth-order valence-electron chi connectivity index (χ4n) is 2.47. The molecule has 0 saturated carbocycles. The number of sulfonamides is 1. The molecule has 0 aromatic heterocycles. The molecule has 1 aromatic rings. The van der Waals surface area contributed by atoms with Crippen LogP contribution in [0.25, 0.3) is 0 Å². The summed E-state index contributed by atoms with van der Waals surface area (Å²) in [6.07, 6.45) is 1.06. The monoisotopic (exact) mass is 384 g/mol. The number of carbonyl (C=O) groups is 1. The molecule has 1 amide bonds. The van der Waals surface area contributed by atoms with E-state index in [0.717, 1.165) is 6.42 Å². The van der Waals surface area contributed by atoms with Crippen LogP contribution in [0.1, 0.15) is 54.4 Å². The lowest BCUT2D eigenvalue weighted by Gasteiger charge is -2.20. The Labute approximate surface area is 158 Å². The Balaban J connectivity index is 3.20. The lowest BCUT2D eigenvalue weighted by atomic mass is 10.1. The molecular formula is C19H32N2O4S. The number of ether oxygens (including phenoxy) is 1. The van der Waals surface area contributed by atoms with Crippen molar-refractivity contribution in [1.82, 2.24) is 4.31 Å². The molecule has 0 fully saturated rings. The Bertz CT molecular complexity index is 695. The van der Waals surface area contributed by atoms with Gasteiger partial charge >= 0.3 is 0 Å². The van der Waals surface area contributed by atoms with Crippen molar-refractivity contribution in [2.75, 3.05) is 18.4 Å². The van der Waals surface area contributed by atoms with Crippen molar-refractivity contribution in [3.8, 4) is 5.75 Å². The first kappa shape index (κ1) is 22.4. The zero-order valence-corrected chi connectivity index (χ0v) is 17.5. The molecule has 0 atom stereocenters. The highest BCUT2D eigenvalue weighted by Crippen LogP contribution is 2.30. The van der Waals surface area contributed by atoms with Crippen LogP contribution in [-0.4, -0.2) is 37.8 Å². The second kappa shape index (κ2) is 9.92. The minimum Gasteiger partial charge on any atom is -0.489 e. The molecule has 1 aromatic carbocycles. The molecule has 1 N–H and O–H groups in total. The maximum absolute atomic E-state index is 12.8. The van der Waals surface area contributed by atoms with Crippen molar-refractivity contribution in [1.29, 1.82) is 0 Å². The molecule has 0 unspecified atom stereocenters. The summed E-state index contributed by atoms with van der Waals surface area (Å²) in [4.78, 5) is 12.4. The molecule has 0 aliphatic rings. The Kier molecular flexibility index (Phi) is 8.56. The van der Waals surface area contributed by atoms with Gasteiger partial charge in [-0.25, -0.2) is 8.42 Å². The SMILES string of the molecule is CCN(CC)S(=O)(=O)c1ccc(OC(C)C)c(NC(=O)CCC(C)C)c1. The Morgan fingerprint density at radius 3 is 2.27 bits per heavy atom. The van der Waals surface area contributed by atoms with Crippen LogP contribution in [0.2, 0.25) is 0 Å². The van der Waals surface area contributed by atoms with E-state index in [1.165, 1.54) is 16.4 Å². The molecule has 0 aliphatic carbocycles. The van der Waals surface area contributed by atoms with E-state index in [0.29, 0.717) is 36.9 Å². The lowest BCUT2D eigenvalue weighted by Crippen LogP contribution is -2.30. The van der Waals surface area contributed by atoms with Gasteiger partial charge in [0.1, 0.15) is 5.75 Å². The predicted molar refractivity (Wildman–Crippen MR) is 105 cm³/mol. The number of amides is 1. The van der Waals surface area contributed by atoms with Gasteiger partial charge in [0.25, 0.3) is 0 Å². The van der Waals surface area contributed by atoms with Gasteiger partial charge in [-0.05, 0) is 44.4 Å². The van der Waals surface area contributed by atoms with Crippen LogP contribution in [0.15, 0.2) is 23.1 Å². The van der Waals surface area contributed by atoms with Crippen LogP contribution < -0.4 is 10.1 Å². The van der Waals surface area contributed by atoms with Crippen molar-refractivity contribution in [2.45, 2.75) is 65.4 Å². The zero-order chi connectivity index (χ0) is 19.9. The average molecular weight is 385 g/mol. The van der Waals surface area contributed by atoms with Gasteiger partial charge in [0, 0.05) is 19.5 Å². The minimum absolute atomic E-state index is 0.0912. The second-order valence-corrected chi connectivity index (χ2v) is 8.83. The highest BCUT2D eigenvalue weighted by atomic mass is 32.2. The summed E-state index contributed by atoms with van der Waals surface area (Å²) in [5, 5.41) is 2.81. The molecule has 0 saturated heterocycles. The van der Waals surface area contributed by atoms with Crippen LogP contribution in [0.5, 0.6) is 5.75 Å². The Morgan fingerprint density at radius 1 is 1.15 bits per heavy atom. The molecular weight excluding hydrogens is 352 g/mol. The third-order valence-electron chi connectivity index (χ3n) is 3.88. The van der Waals surface area contributed by atoms with Gasteiger partial charge in [-0.15, -0.1) is 0 Å². The molecule has 6 nitrogen and oxygen atoms in total. The summed E-state index contributed by atoms with van der Waals surface area (Å²) in [7, 11) is -3.60. The number of carbonyl (C=O) groups excluding carboxylic acids is 1. The molecule has 0 bridgehead atoms. The highest BCUT2D eigenvalue weighted by Gasteiger charge is 2.23. The van der Waals surface area contributed by atoms with Crippen molar-refractivity contribution in [2.24, 2.45) is 5.92 Å². The standard InChI is InChI=1S/C19H32N2O4S/c1-7-21(8-2)26(23,24)16-10-11-18(25-15(5)6)17(13-16)20-19(22)12-9-14(3)4/h10-11,13-15H,7-9,12H2,1-6H3,(H,20,22). The molecule has 0 heterocycles. The summed E-state index contributed by atoms with van der Waals surface area (Å²) >= 11 is 0. The van der Waals surface area contributed by atoms with Gasteiger partial charge in [0.15, 0.2) is 0 Å². The van der Waals surface area contributed by atoms with Crippen LogP contribution in [-0.2, 0) is 14.8 Å². The minimum atomic E-state index is -3.60. The van der Waals surface area contributed by atoms with Crippen molar-refractivity contribution >= 4 is 21.6 Å². The second-order valence-electron chi connectivity index (χ2n) is 6.89. The number of nitrogens with zero attached hydrogens (tertiary/aromatic N) is 1. The third-order valence-corrected chi connectivity index (χ3v) is 5.93. The molecule has 7 heteroatoms. The summed E-state index contributed by atoms with van der Waals surface area (Å²) < 4.78 is 32.6. The molecule has 0 radical (unpaired) electrons. The topological polar surface area (TPSA) is 75.7 Å². The molecule has 0 spiro atoms. The van der Waals surface area contributed by atoms with E-state index in [2.05, 4.69) is 19.2 Å². The number of rotatable bonds is 10. The van der Waals surface area contributed by atoms with Crippen molar-refractivity contribution in [3.63, 3.8) is 0 Å². The van der Waals surface area contributed by atoms with Gasteiger partial charge in [-0.1, -0.05) is 27.7 Å². The zero-order valence-electron chi connectivity index (χ0n) is 16.7. The van der Waals surface area contributed by atoms with E-state index in [4.69, 9.17) is 4.74 Å². The number of hydrogen-bond donors (Lipinski definition) is 1. The maximum atomic E-state index is 12.8. The van der Waals surface area contributed by atoms with E-state index < -0.39 is 10.0 Å². The van der Waals surface area contributed by atoms with Gasteiger partial charge in [-0.3, -0.25) is 4.79 Å². The van der Waals surface area contributed by atoms with Crippen LogP contribution >= 0.6 is 0 Å².